The van der Waals surface area contributed by atoms with E-state index in [0.29, 0.717) is 13.0 Å². The molecule has 0 amide bonds. The molecule has 0 saturated heterocycles. The highest BCUT2D eigenvalue weighted by Gasteiger charge is 2.33. The van der Waals surface area contributed by atoms with Crippen LogP contribution >= 0.6 is 0 Å². The third-order valence-corrected chi connectivity index (χ3v) is 3.60. The van der Waals surface area contributed by atoms with Crippen LogP contribution in [-0.2, 0) is 4.74 Å². The van der Waals surface area contributed by atoms with Crippen molar-refractivity contribution in [3.05, 3.63) is 28.8 Å². The summed E-state index contributed by atoms with van der Waals surface area (Å²) in [5.74, 6) is 0.851. The molecule has 0 N–H and O–H groups in total. The van der Waals surface area contributed by atoms with Gasteiger partial charge in [0.1, 0.15) is 11.4 Å². The first-order valence-corrected chi connectivity index (χ1v) is 6.73. The predicted octanol–water partition coefficient (Wildman–Crippen LogP) is 3.70. The smallest absolute Gasteiger partial charge is 0.194 e. The zero-order chi connectivity index (χ0) is 14.6. The number of aryl methyl sites for hydroxylation is 2. The van der Waals surface area contributed by atoms with Crippen molar-refractivity contribution in [1.29, 1.82) is 0 Å². The summed E-state index contributed by atoms with van der Waals surface area (Å²) < 4.78 is 10.9. The van der Waals surface area contributed by atoms with Crippen molar-refractivity contribution in [2.75, 3.05) is 13.7 Å². The second kappa shape index (κ2) is 6.20. The average Bonchev–Trinajstić information content (AvgIpc) is 2.40. The van der Waals surface area contributed by atoms with Gasteiger partial charge in [-0.25, -0.2) is 0 Å². The fraction of sp³-hybridized carbons (Fsp3) is 0.562. The van der Waals surface area contributed by atoms with Crippen molar-refractivity contribution in [3.63, 3.8) is 0 Å². The van der Waals surface area contributed by atoms with Crippen molar-refractivity contribution < 1.29 is 14.3 Å². The summed E-state index contributed by atoms with van der Waals surface area (Å²) in [4.78, 5) is 12.7. The van der Waals surface area contributed by atoms with Crippen molar-refractivity contribution in [2.24, 2.45) is 0 Å². The lowest BCUT2D eigenvalue weighted by Crippen LogP contribution is -2.38. The van der Waals surface area contributed by atoms with Gasteiger partial charge in [-0.2, -0.15) is 0 Å². The maximum atomic E-state index is 12.7. The van der Waals surface area contributed by atoms with Gasteiger partial charge in [-0.05, 0) is 57.4 Å². The largest absolute Gasteiger partial charge is 0.496 e. The minimum Gasteiger partial charge on any atom is -0.496 e. The number of hydrogen-bond donors (Lipinski definition) is 0. The van der Waals surface area contributed by atoms with Crippen LogP contribution in [0.5, 0.6) is 5.75 Å². The summed E-state index contributed by atoms with van der Waals surface area (Å²) in [6, 6.07) is 3.80. The van der Waals surface area contributed by atoms with E-state index in [9.17, 15) is 4.79 Å². The normalized spacial score (nSPS) is 14.0. The predicted molar refractivity (Wildman–Crippen MR) is 77.1 cm³/mol. The van der Waals surface area contributed by atoms with Crippen LogP contribution in [0.1, 0.15) is 48.7 Å². The van der Waals surface area contributed by atoms with Gasteiger partial charge in [-0.1, -0.05) is 6.92 Å². The van der Waals surface area contributed by atoms with Crippen LogP contribution in [0.15, 0.2) is 12.1 Å². The van der Waals surface area contributed by atoms with Crippen LogP contribution < -0.4 is 4.74 Å². The van der Waals surface area contributed by atoms with Crippen molar-refractivity contribution >= 4 is 5.78 Å². The number of carbonyl (C=O) groups excluding carboxylic acids is 1. The molecule has 0 aliphatic heterocycles. The molecular formula is C16H24O3. The Morgan fingerprint density at radius 1 is 1.21 bits per heavy atom. The molecule has 0 bridgehead atoms. The quantitative estimate of drug-likeness (QED) is 0.735. The van der Waals surface area contributed by atoms with Gasteiger partial charge in [0.25, 0.3) is 0 Å². The molecule has 0 fully saturated rings. The van der Waals surface area contributed by atoms with Gasteiger partial charge in [-0.3, -0.25) is 4.79 Å². The Labute approximate surface area is 115 Å². The molecule has 0 spiro atoms. The topological polar surface area (TPSA) is 35.5 Å². The van der Waals surface area contributed by atoms with E-state index in [2.05, 4.69) is 0 Å². The van der Waals surface area contributed by atoms with E-state index in [-0.39, 0.29) is 5.78 Å². The van der Waals surface area contributed by atoms with Gasteiger partial charge in [0.15, 0.2) is 5.78 Å². The molecule has 0 heterocycles. The first kappa shape index (κ1) is 15.7. The number of ketones is 1. The Kier molecular flexibility index (Phi) is 5.12. The molecule has 0 radical (unpaired) electrons. The maximum absolute atomic E-state index is 12.7. The van der Waals surface area contributed by atoms with Crippen molar-refractivity contribution in [2.45, 2.75) is 46.6 Å². The summed E-state index contributed by atoms with van der Waals surface area (Å²) in [5.41, 5.74) is 1.86. The van der Waals surface area contributed by atoms with Gasteiger partial charge < -0.3 is 9.47 Å². The third kappa shape index (κ3) is 3.16. The molecule has 19 heavy (non-hydrogen) atoms. The number of benzene rings is 1. The number of hydrogen-bond acceptors (Lipinski definition) is 3. The first-order valence-electron chi connectivity index (χ1n) is 6.73. The molecule has 1 aromatic rings. The van der Waals surface area contributed by atoms with Crippen LogP contribution in [-0.4, -0.2) is 25.1 Å². The standard InChI is InChI=1S/C16H24O3/c1-7-16(5,19-8-2)15(17)13-9-12(4)14(18-6)10-11(13)3/h9-10H,7-8H2,1-6H3. The summed E-state index contributed by atoms with van der Waals surface area (Å²) in [5, 5.41) is 0. The number of Topliss-reactive ketones (excluding diaryl/α,β-unsaturated/α-hetero) is 1. The molecule has 1 atom stereocenters. The Morgan fingerprint density at radius 3 is 2.32 bits per heavy atom. The zero-order valence-electron chi connectivity index (χ0n) is 12.8. The van der Waals surface area contributed by atoms with Gasteiger partial charge in [0, 0.05) is 12.2 Å². The second-order valence-corrected chi connectivity index (χ2v) is 4.98. The van der Waals surface area contributed by atoms with Crippen LogP contribution in [0.4, 0.5) is 0 Å². The first-order chi connectivity index (χ1) is 8.89. The van der Waals surface area contributed by atoms with E-state index in [1.807, 2.05) is 46.8 Å². The van der Waals surface area contributed by atoms with Gasteiger partial charge in [0.2, 0.25) is 0 Å². The number of ether oxygens (including phenoxy) is 2. The minimum atomic E-state index is -0.749. The molecule has 1 aromatic carbocycles. The fourth-order valence-electron chi connectivity index (χ4n) is 2.19. The Balaban J connectivity index is 3.22. The summed E-state index contributed by atoms with van der Waals surface area (Å²) >= 11 is 0. The van der Waals surface area contributed by atoms with Gasteiger partial charge in [0.05, 0.1) is 7.11 Å². The van der Waals surface area contributed by atoms with E-state index >= 15 is 0 Å². The molecule has 0 aromatic heterocycles. The number of carbonyl (C=O) groups is 1. The van der Waals surface area contributed by atoms with E-state index in [1.54, 1.807) is 7.11 Å². The second-order valence-electron chi connectivity index (χ2n) is 4.98. The van der Waals surface area contributed by atoms with E-state index < -0.39 is 5.60 Å². The lowest BCUT2D eigenvalue weighted by Gasteiger charge is -2.27. The fourth-order valence-corrected chi connectivity index (χ4v) is 2.19. The highest BCUT2D eigenvalue weighted by atomic mass is 16.5. The Morgan fingerprint density at radius 2 is 1.84 bits per heavy atom. The Bertz CT molecular complexity index is 465. The maximum Gasteiger partial charge on any atom is 0.194 e. The number of rotatable bonds is 6. The lowest BCUT2D eigenvalue weighted by atomic mass is 9.88. The van der Waals surface area contributed by atoms with Crippen molar-refractivity contribution in [3.8, 4) is 5.75 Å². The molecule has 1 rings (SSSR count). The molecular weight excluding hydrogens is 240 g/mol. The Hall–Kier alpha value is -1.35. The van der Waals surface area contributed by atoms with Crippen molar-refractivity contribution in [1.82, 2.24) is 0 Å². The third-order valence-electron chi connectivity index (χ3n) is 3.60. The van der Waals surface area contributed by atoms with Gasteiger partial charge >= 0.3 is 0 Å². The van der Waals surface area contributed by atoms with E-state index in [4.69, 9.17) is 9.47 Å². The van der Waals surface area contributed by atoms with Crippen LogP contribution in [0.3, 0.4) is 0 Å². The average molecular weight is 264 g/mol. The SMILES string of the molecule is CCOC(C)(CC)C(=O)c1cc(C)c(OC)cc1C. The molecule has 3 heteroatoms. The molecule has 0 aliphatic rings. The molecule has 0 saturated carbocycles. The molecule has 1 unspecified atom stereocenters. The van der Waals surface area contributed by atoms with E-state index in [0.717, 1.165) is 22.4 Å². The number of methoxy groups -OCH3 is 1. The summed E-state index contributed by atoms with van der Waals surface area (Å²) in [6.45, 7) is 10.1. The van der Waals surface area contributed by atoms with E-state index in [1.165, 1.54) is 0 Å². The lowest BCUT2D eigenvalue weighted by molar-refractivity contribution is -0.0116. The highest BCUT2D eigenvalue weighted by Crippen LogP contribution is 2.28. The minimum absolute atomic E-state index is 0.0418. The highest BCUT2D eigenvalue weighted by molar-refractivity contribution is 6.03. The van der Waals surface area contributed by atoms with Crippen LogP contribution in [0.25, 0.3) is 0 Å². The van der Waals surface area contributed by atoms with Crippen LogP contribution in [0, 0.1) is 13.8 Å². The molecule has 0 aliphatic carbocycles. The molecule has 106 valence electrons. The summed E-state index contributed by atoms with van der Waals surface area (Å²) in [7, 11) is 1.64. The monoisotopic (exact) mass is 264 g/mol. The summed E-state index contributed by atoms with van der Waals surface area (Å²) in [6.07, 6.45) is 0.657. The van der Waals surface area contributed by atoms with Gasteiger partial charge in [-0.15, -0.1) is 0 Å². The van der Waals surface area contributed by atoms with Crippen LogP contribution in [0.2, 0.25) is 0 Å². The molecule has 3 nitrogen and oxygen atoms in total. The zero-order valence-corrected chi connectivity index (χ0v) is 12.8.